The first kappa shape index (κ1) is 20.2. The second-order valence-corrected chi connectivity index (χ2v) is 6.77. The van der Waals surface area contributed by atoms with Crippen molar-refractivity contribution in [3.63, 3.8) is 0 Å². The summed E-state index contributed by atoms with van der Waals surface area (Å²) in [5.41, 5.74) is 2.60. The molecular formula is C23H19ClN2O3. The molecule has 0 aliphatic carbocycles. The summed E-state index contributed by atoms with van der Waals surface area (Å²) >= 11 is 6.25. The van der Waals surface area contributed by atoms with E-state index in [9.17, 15) is 4.79 Å². The molecule has 0 bridgehead atoms. The fourth-order valence-electron chi connectivity index (χ4n) is 2.81. The number of hydrogen-bond acceptors (Lipinski definition) is 4. The largest absolute Gasteiger partial charge is 0.495 e. The van der Waals surface area contributed by atoms with E-state index in [2.05, 4.69) is 5.32 Å². The van der Waals surface area contributed by atoms with Crippen LogP contribution in [0.2, 0.25) is 5.02 Å². The van der Waals surface area contributed by atoms with Gasteiger partial charge in [-0.25, -0.2) is 0 Å². The molecule has 0 aromatic heterocycles. The van der Waals surface area contributed by atoms with Gasteiger partial charge in [0.1, 0.15) is 11.5 Å². The van der Waals surface area contributed by atoms with E-state index in [4.69, 9.17) is 26.3 Å². The highest BCUT2D eigenvalue weighted by atomic mass is 35.5. The highest BCUT2D eigenvalue weighted by Gasteiger charge is 2.25. The van der Waals surface area contributed by atoms with E-state index in [1.165, 1.54) is 6.07 Å². The van der Waals surface area contributed by atoms with E-state index < -0.39 is 6.10 Å². The van der Waals surface area contributed by atoms with Crippen molar-refractivity contribution in [1.29, 1.82) is 5.26 Å². The number of rotatable bonds is 6. The van der Waals surface area contributed by atoms with Gasteiger partial charge in [-0.2, -0.15) is 5.26 Å². The number of halogens is 1. The summed E-state index contributed by atoms with van der Waals surface area (Å²) in [7, 11) is 1.54. The normalized spacial score (nSPS) is 11.2. The molecule has 0 aliphatic heterocycles. The molecule has 146 valence electrons. The van der Waals surface area contributed by atoms with Crippen LogP contribution in [0.5, 0.6) is 11.5 Å². The molecule has 5 nitrogen and oxygen atoms in total. The Morgan fingerprint density at radius 1 is 1.07 bits per heavy atom. The molecule has 0 fully saturated rings. The lowest BCUT2D eigenvalue weighted by Crippen LogP contribution is -2.26. The molecule has 0 unspecified atom stereocenters. The van der Waals surface area contributed by atoms with E-state index in [0.717, 1.165) is 5.56 Å². The third-order valence-electron chi connectivity index (χ3n) is 4.26. The van der Waals surface area contributed by atoms with Crippen LogP contribution in [0.25, 0.3) is 0 Å². The lowest BCUT2D eigenvalue weighted by Gasteiger charge is -2.21. The van der Waals surface area contributed by atoms with E-state index in [1.54, 1.807) is 37.4 Å². The molecule has 1 atom stereocenters. The Labute approximate surface area is 174 Å². The molecule has 0 heterocycles. The predicted molar refractivity (Wildman–Crippen MR) is 112 cm³/mol. The van der Waals surface area contributed by atoms with Crippen molar-refractivity contribution in [3.8, 4) is 17.6 Å². The molecule has 0 saturated carbocycles. The predicted octanol–water partition coefficient (Wildman–Crippen LogP) is 5.29. The number of carbonyl (C=O) groups is 1. The highest BCUT2D eigenvalue weighted by Crippen LogP contribution is 2.32. The van der Waals surface area contributed by atoms with Gasteiger partial charge in [-0.05, 0) is 42.8 Å². The summed E-state index contributed by atoms with van der Waals surface area (Å²) in [4.78, 5) is 13.1. The van der Waals surface area contributed by atoms with Crippen LogP contribution in [0.15, 0.2) is 66.7 Å². The second-order valence-electron chi connectivity index (χ2n) is 6.36. The molecule has 6 heteroatoms. The Balaban J connectivity index is 1.93. The minimum Gasteiger partial charge on any atom is -0.495 e. The quantitative estimate of drug-likeness (QED) is 0.603. The van der Waals surface area contributed by atoms with Crippen molar-refractivity contribution in [2.24, 2.45) is 0 Å². The fraction of sp³-hybridized carbons (Fsp3) is 0.130. The summed E-state index contributed by atoms with van der Waals surface area (Å²) < 4.78 is 11.3. The van der Waals surface area contributed by atoms with Crippen molar-refractivity contribution >= 4 is 23.2 Å². The summed E-state index contributed by atoms with van der Waals surface area (Å²) in [5.74, 6) is 0.485. The monoisotopic (exact) mass is 406 g/mol. The van der Waals surface area contributed by atoms with Crippen molar-refractivity contribution in [1.82, 2.24) is 0 Å². The van der Waals surface area contributed by atoms with Gasteiger partial charge in [0.25, 0.3) is 5.91 Å². The van der Waals surface area contributed by atoms with Crippen LogP contribution in [-0.4, -0.2) is 13.0 Å². The van der Waals surface area contributed by atoms with Crippen LogP contribution in [0.4, 0.5) is 5.69 Å². The van der Waals surface area contributed by atoms with E-state index in [-0.39, 0.29) is 10.9 Å². The molecule has 3 aromatic carbocycles. The Morgan fingerprint density at radius 3 is 2.45 bits per heavy atom. The zero-order chi connectivity index (χ0) is 20.8. The Morgan fingerprint density at radius 2 is 1.79 bits per heavy atom. The van der Waals surface area contributed by atoms with Crippen molar-refractivity contribution in [2.75, 3.05) is 12.4 Å². The summed E-state index contributed by atoms with van der Waals surface area (Å²) in [6.07, 6.45) is -0.952. The lowest BCUT2D eigenvalue weighted by molar-refractivity contribution is -0.123. The molecule has 0 spiro atoms. The van der Waals surface area contributed by atoms with Crippen LogP contribution in [0.1, 0.15) is 22.8 Å². The number of anilines is 1. The summed E-state index contributed by atoms with van der Waals surface area (Å²) in [6, 6.07) is 21.3. The van der Waals surface area contributed by atoms with Gasteiger partial charge < -0.3 is 14.8 Å². The Kier molecular flexibility index (Phi) is 6.38. The fourth-order valence-corrected chi connectivity index (χ4v) is 3.04. The minimum absolute atomic E-state index is 0.255. The smallest absolute Gasteiger partial charge is 0.270 e. The standard InChI is InChI=1S/C23H19ClN2O3/c1-15-8-10-21(28-2)19(12-15)26-23(27)22(17-6-4-3-5-7-17)29-20-11-9-16(14-25)13-18(20)24/h3-13,22H,1-2H3,(H,26,27)/t22-/m0/s1. The number of ether oxygens (including phenoxy) is 2. The molecule has 3 aromatic rings. The summed E-state index contributed by atoms with van der Waals surface area (Å²) in [5, 5.41) is 12.1. The number of amides is 1. The van der Waals surface area contributed by atoms with Crippen LogP contribution in [0.3, 0.4) is 0 Å². The molecule has 29 heavy (non-hydrogen) atoms. The first-order chi connectivity index (χ1) is 14.0. The van der Waals surface area contributed by atoms with Gasteiger partial charge >= 0.3 is 0 Å². The Hall–Kier alpha value is -3.49. The summed E-state index contributed by atoms with van der Waals surface area (Å²) in [6.45, 7) is 1.93. The first-order valence-corrected chi connectivity index (χ1v) is 9.26. The maximum absolute atomic E-state index is 13.1. The van der Waals surface area contributed by atoms with Gasteiger partial charge in [-0.1, -0.05) is 48.0 Å². The van der Waals surface area contributed by atoms with Gasteiger partial charge in [0.05, 0.1) is 29.5 Å². The number of nitriles is 1. The molecule has 3 rings (SSSR count). The van der Waals surface area contributed by atoms with Crippen LogP contribution < -0.4 is 14.8 Å². The maximum Gasteiger partial charge on any atom is 0.270 e. The molecule has 0 radical (unpaired) electrons. The van der Waals surface area contributed by atoms with Crippen molar-refractivity contribution in [2.45, 2.75) is 13.0 Å². The number of nitrogens with one attached hydrogen (secondary N) is 1. The maximum atomic E-state index is 13.1. The van der Waals surface area contributed by atoms with Crippen molar-refractivity contribution < 1.29 is 14.3 Å². The third-order valence-corrected chi connectivity index (χ3v) is 4.55. The molecule has 1 amide bonds. The Bertz CT molecular complexity index is 1060. The average Bonchev–Trinajstić information content (AvgIpc) is 2.73. The van der Waals surface area contributed by atoms with Gasteiger partial charge in [0.2, 0.25) is 6.10 Å². The second kappa shape index (κ2) is 9.13. The molecule has 0 saturated heterocycles. The third kappa shape index (κ3) is 4.87. The number of carbonyl (C=O) groups excluding carboxylic acids is 1. The average molecular weight is 407 g/mol. The van der Waals surface area contributed by atoms with Gasteiger partial charge in [-0.15, -0.1) is 0 Å². The SMILES string of the molecule is COc1ccc(C)cc1NC(=O)[C@@H](Oc1ccc(C#N)cc1Cl)c1ccccc1. The van der Waals surface area contributed by atoms with Gasteiger partial charge in [0.15, 0.2) is 0 Å². The molecular weight excluding hydrogens is 388 g/mol. The van der Waals surface area contributed by atoms with Crippen LogP contribution in [0, 0.1) is 18.3 Å². The number of benzene rings is 3. The highest BCUT2D eigenvalue weighted by molar-refractivity contribution is 6.32. The number of aryl methyl sites for hydroxylation is 1. The molecule has 0 aliphatic rings. The zero-order valence-corrected chi connectivity index (χ0v) is 16.7. The number of methoxy groups -OCH3 is 1. The molecule has 1 N–H and O–H groups in total. The van der Waals surface area contributed by atoms with Gasteiger partial charge in [0, 0.05) is 5.56 Å². The van der Waals surface area contributed by atoms with Gasteiger partial charge in [-0.3, -0.25) is 4.79 Å². The minimum atomic E-state index is -0.952. The zero-order valence-electron chi connectivity index (χ0n) is 16.0. The van der Waals surface area contributed by atoms with E-state index in [0.29, 0.717) is 28.3 Å². The van der Waals surface area contributed by atoms with Crippen LogP contribution in [-0.2, 0) is 4.79 Å². The number of nitrogens with zero attached hydrogens (tertiary/aromatic N) is 1. The van der Waals surface area contributed by atoms with E-state index >= 15 is 0 Å². The topological polar surface area (TPSA) is 71.3 Å². The van der Waals surface area contributed by atoms with Crippen molar-refractivity contribution in [3.05, 3.63) is 88.4 Å². The first-order valence-electron chi connectivity index (χ1n) is 8.88. The number of hydrogen-bond donors (Lipinski definition) is 1. The van der Waals surface area contributed by atoms with Crippen LogP contribution >= 0.6 is 11.6 Å². The lowest BCUT2D eigenvalue weighted by atomic mass is 10.1. The van der Waals surface area contributed by atoms with E-state index in [1.807, 2.05) is 43.3 Å².